The molecule has 26 heavy (non-hydrogen) atoms. The smallest absolute Gasteiger partial charge is 0.339 e. The van der Waals surface area contributed by atoms with E-state index in [1.165, 1.54) is 11.3 Å². The first-order chi connectivity index (χ1) is 12.6. The Hall–Kier alpha value is -2.57. The van der Waals surface area contributed by atoms with E-state index in [1.807, 2.05) is 46.3 Å². The van der Waals surface area contributed by atoms with Gasteiger partial charge < -0.3 is 14.6 Å². The van der Waals surface area contributed by atoms with Crippen molar-refractivity contribution in [2.75, 3.05) is 6.54 Å². The van der Waals surface area contributed by atoms with Gasteiger partial charge in [0.15, 0.2) is 0 Å². The highest BCUT2D eigenvalue weighted by molar-refractivity contribution is 7.12. The van der Waals surface area contributed by atoms with Crippen molar-refractivity contribution >= 4 is 34.8 Å². The van der Waals surface area contributed by atoms with E-state index in [0.29, 0.717) is 29.4 Å². The van der Waals surface area contributed by atoms with Gasteiger partial charge in [-0.05, 0) is 17.0 Å². The average molecular weight is 387 g/mol. The van der Waals surface area contributed by atoms with Crippen molar-refractivity contribution in [3.05, 3.63) is 69.0 Å². The number of thiophene rings is 1. The fourth-order valence-corrected chi connectivity index (χ4v) is 4.44. The number of carboxylic acids is 1. The molecular weight excluding hydrogens is 372 g/mol. The highest BCUT2D eigenvalue weighted by Gasteiger charge is 2.32. The molecule has 0 radical (unpaired) electrons. The van der Waals surface area contributed by atoms with Gasteiger partial charge >= 0.3 is 5.97 Å². The number of hydrogen-bond donors (Lipinski definition) is 1. The number of benzene rings is 1. The molecule has 7 heteroatoms. The van der Waals surface area contributed by atoms with Crippen LogP contribution in [0, 0.1) is 0 Å². The number of nitrogens with zero attached hydrogens (tertiary/aromatic N) is 2. The summed E-state index contributed by atoms with van der Waals surface area (Å²) in [4.78, 5) is 26.8. The molecule has 1 aliphatic heterocycles. The Morgan fingerprint density at radius 2 is 1.85 bits per heavy atom. The van der Waals surface area contributed by atoms with Gasteiger partial charge in [-0.3, -0.25) is 4.79 Å². The number of aromatic carboxylic acids is 1. The predicted octanol–water partition coefficient (Wildman–Crippen LogP) is 4.22. The van der Waals surface area contributed by atoms with Gasteiger partial charge in [0.2, 0.25) is 0 Å². The number of aromatic nitrogens is 1. The van der Waals surface area contributed by atoms with Crippen molar-refractivity contribution in [1.82, 2.24) is 9.47 Å². The maximum Gasteiger partial charge on any atom is 0.339 e. The summed E-state index contributed by atoms with van der Waals surface area (Å²) in [5, 5.41) is 11.8. The Balaban J connectivity index is 1.79. The summed E-state index contributed by atoms with van der Waals surface area (Å²) in [6.45, 7) is 1.24. The van der Waals surface area contributed by atoms with Crippen LogP contribution >= 0.6 is 22.9 Å². The van der Waals surface area contributed by atoms with E-state index < -0.39 is 5.97 Å². The lowest BCUT2D eigenvalue weighted by Gasteiger charge is -2.29. The van der Waals surface area contributed by atoms with Crippen LogP contribution in [-0.4, -0.2) is 33.0 Å². The molecule has 0 saturated heterocycles. The van der Waals surface area contributed by atoms with Gasteiger partial charge in [-0.2, -0.15) is 0 Å². The Labute approximate surface area is 159 Å². The number of amides is 1. The van der Waals surface area contributed by atoms with Crippen LogP contribution in [0.1, 0.15) is 25.7 Å². The normalized spacial score (nSPS) is 13.5. The number of hydrogen-bond acceptors (Lipinski definition) is 3. The summed E-state index contributed by atoms with van der Waals surface area (Å²) < 4.78 is 1.93. The lowest BCUT2D eigenvalue weighted by atomic mass is 10.1. The molecule has 0 fully saturated rings. The lowest BCUT2D eigenvalue weighted by Crippen LogP contribution is -2.38. The maximum absolute atomic E-state index is 12.7. The molecule has 2 aromatic heterocycles. The SMILES string of the molecule is O=C(O)c1c(Cl)c(-c2ccccc2)n2c1CN(C(=O)c1cccs1)CC2. The first-order valence-corrected chi connectivity index (χ1v) is 9.36. The molecule has 4 rings (SSSR count). The van der Waals surface area contributed by atoms with Crippen LogP contribution < -0.4 is 0 Å². The third kappa shape index (κ3) is 2.71. The molecule has 1 N–H and O–H groups in total. The van der Waals surface area contributed by atoms with Crippen LogP contribution in [0.3, 0.4) is 0 Å². The summed E-state index contributed by atoms with van der Waals surface area (Å²) >= 11 is 7.85. The van der Waals surface area contributed by atoms with Crippen LogP contribution in [0.5, 0.6) is 0 Å². The molecule has 0 atom stereocenters. The van der Waals surface area contributed by atoms with Crippen LogP contribution in [0.25, 0.3) is 11.3 Å². The number of carboxylic acid groups (broad SMARTS) is 1. The van der Waals surface area contributed by atoms with Crippen molar-refractivity contribution in [2.45, 2.75) is 13.1 Å². The molecule has 0 aliphatic carbocycles. The Morgan fingerprint density at radius 1 is 1.08 bits per heavy atom. The zero-order valence-electron chi connectivity index (χ0n) is 13.7. The zero-order valence-corrected chi connectivity index (χ0v) is 15.3. The largest absolute Gasteiger partial charge is 0.478 e. The first-order valence-electron chi connectivity index (χ1n) is 8.10. The van der Waals surface area contributed by atoms with Gasteiger partial charge in [0.25, 0.3) is 5.91 Å². The number of carbonyl (C=O) groups excluding carboxylic acids is 1. The van der Waals surface area contributed by atoms with E-state index >= 15 is 0 Å². The molecule has 0 bridgehead atoms. The maximum atomic E-state index is 12.7. The topological polar surface area (TPSA) is 62.5 Å². The number of carbonyl (C=O) groups is 2. The molecule has 0 saturated carbocycles. The average Bonchev–Trinajstić information content (AvgIpc) is 3.26. The Morgan fingerprint density at radius 3 is 2.50 bits per heavy atom. The van der Waals surface area contributed by atoms with Crippen molar-refractivity contribution in [1.29, 1.82) is 0 Å². The second-order valence-electron chi connectivity index (χ2n) is 6.01. The van der Waals surface area contributed by atoms with Crippen molar-refractivity contribution in [3.63, 3.8) is 0 Å². The summed E-state index contributed by atoms with van der Waals surface area (Å²) in [7, 11) is 0. The summed E-state index contributed by atoms with van der Waals surface area (Å²) in [5.41, 5.74) is 2.21. The van der Waals surface area contributed by atoms with E-state index in [4.69, 9.17) is 11.6 Å². The lowest BCUT2D eigenvalue weighted by molar-refractivity contribution is 0.0669. The van der Waals surface area contributed by atoms with Crippen molar-refractivity contribution in [2.24, 2.45) is 0 Å². The van der Waals surface area contributed by atoms with Crippen LogP contribution in [0.2, 0.25) is 5.02 Å². The molecular formula is C19H15ClN2O3S. The zero-order chi connectivity index (χ0) is 18.3. The Kier molecular flexibility index (Phi) is 4.30. The van der Waals surface area contributed by atoms with Gasteiger partial charge in [0, 0.05) is 13.1 Å². The number of halogens is 1. The van der Waals surface area contributed by atoms with Crippen LogP contribution in [0.4, 0.5) is 0 Å². The molecule has 3 heterocycles. The molecule has 1 amide bonds. The third-order valence-electron chi connectivity index (χ3n) is 4.53. The Bertz CT molecular complexity index is 980. The van der Waals surface area contributed by atoms with Gasteiger partial charge in [0.05, 0.1) is 27.8 Å². The molecule has 1 aromatic carbocycles. The predicted molar refractivity (Wildman–Crippen MR) is 101 cm³/mol. The van der Waals surface area contributed by atoms with Crippen molar-refractivity contribution in [3.8, 4) is 11.3 Å². The fraction of sp³-hybridized carbons (Fsp3) is 0.158. The van der Waals surface area contributed by atoms with Gasteiger partial charge in [0.1, 0.15) is 5.56 Å². The molecule has 5 nitrogen and oxygen atoms in total. The minimum atomic E-state index is -1.08. The molecule has 0 spiro atoms. The van der Waals surface area contributed by atoms with E-state index in [0.717, 1.165) is 5.56 Å². The van der Waals surface area contributed by atoms with Crippen LogP contribution in [0.15, 0.2) is 47.8 Å². The van der Waals surface area contributed by atoms with E-state index in [1.54, 1.807) is 11.0 Å². The number of rotatable bonds is 3. The molecule has 1 aliphatic rings. The highest BCUT2D eigenvalue weighted by Crippen LogP contribution is 2.38. The summed E-state index contributed by atoms with van der Waals surface area (Å²) in [5.74, 6) is -1.16. The second-order valence-corrected chi connectivity index (χ2v) is 7.34. The standard InChI is InChI=1S/C19H15ClN2O3S/c20-16-15(19(24)25)13-11-21(18(23)14-7-4-10-26-14)8-9-22(13)17(16)12-5-2-1-3-6-12/h1-7,10H,8-9,11H2,(H,24,25). The van der Waals surface area contributed by atoms with Crippen LogP contribution in [-0.2, 0) is 13.1 Å². The first kappa shape index (κ1) is 16.9. The van der Waals surface area contributed by atoms with Gasteiger partial charge in [-0.15, -0.1) is 11.3 Å². The van der Waals surface area contributed by atoms with E-state index in [2.05, 4.69) is 0 Å². The van der Waals surface area contributed by atoms with E-state index in [9.17, 15) is 14.7 Å². The third-order valence-corrected chi connectivity index (χ3v) is 5.75. The highest BCUT2D eigenvalue weighted by atomic mass is 35.5. The second kappa shape index (κ2) is 6.63. The van der Waals surface area contributed by atoms with E-state index in [-0.39, 0.29) is 23.0 Å². The van der Waals surface area contributed by atoms with Gasteiger partial charge in [-0.25, -0.2) is 4.79 Å². The minimum Gasteiger partial charge on any atom is -0.478 e. The van der Waals surface area contributed by atoms with Crippen molar-refractivity contribution < 1.29 is 14.7 Å². The van der Waals surface area contributed by atoms with Gasteiger partial charge in [-0.1, -0.05) is 48.0 Å². The summed E-state index contributed by atoms with van der Waals surface area (Å²) in [6, 6.07) is 13.1. The quantitative estimate of drug-likeness (QED) is 0.732. The monoisotopic (exact) mass is 386 g/mol. The molecule has 0 unspecified atom stereocenters. The summed E-state index contributed by atoms with van der Waals surface area (Å²) in [6.07, 6.45) is 0. The minimum absolute atomic E-state index is 0.0780. The molecule has 132 valence electrons. The molecule has 3 aromatic rings. The number of fused-ring (bicyclic) bond motifs is 1. The fourth-order valence-electron chi connectivity index (χ4n) is 3.35.